The molecular formula is C14H22N2O. The first-order chi connectivity index (χ1) is 7.97. The van der Waals surface area contributed by atoms with Crippen LogP contribution in [0.4, 0.5) is 0 Å². The summed E-state index contributed by atoms with van der Waals surface area (Å²) in [5, 5.41) is 6.12. The van der Waals surface area contributed by atoms with Crippen molar-refractivity contribution in [3.05, 3.63) is 35.4 Å². The third-order valence-corrected chi connectivity index (χ3v) is 2.89. The maximum Gasteiger partial charge on any atom is 0.239 e. The van der Waals surface area contributed by atoms with Crippen molar-refractivity contribution in [3.8, 4) is 0 Å². The fourth-order valence-electron chi connectivity index (χ4n) is 1.73. The average Bonchev–Trinajstić information content (AvgIpc) is 2.27. The fourth-order valence-corrected chi connectivity index (χ4v) is 1.73. The number of aryl methyl sites for hydroxylation is 1. The zero-order valence-electron chi connectivity index (χ0n) is 11.1. The van der Waals surface area contributed by atoms with Gasteiger partial charge in [0.1, 0.15) is 0 Å². The van der Waals surface area contributed by atoms with Crippen molar-refractivity contribution in [1.29, 1.82) is 0 Å². The number of benzene rings is 1. The monoisotopic (exact) mass is 234 g/mol. The number of amides is 1. The molecule has 17 heavy (non-hydrogen) atoms. The van der Waals surface area contributed by atoms with Crippen molar-refractivity contribution in [2.24, 2.45) is 0 Å². The molecule has 1 amide bonds. The summed E-state index contributed by atoms with van der Waals surface area (Å²) < 4.78 is 0. The van der Waals surface area contributed by atoms with Crippen LogP contribution in [0, 0.1) is 6.92 Å². The highest BCUT2D eigenvalue weighted by molar-refractivity contribution is 5.85. The lowest BCUT2D eigenvalue weighted by Crippen LogP contribution is -2.52. The van der Waals surface area contributed by atoms with Gasteiger partial charge in [0, 0.05) is 6.54 Å². The smallest absolute Gasteiger partial charge is 0.239 e. The second-order valence-corrected chi connectivity index (χ2v) is 4.76. The molecule has 94 valence electrons. The van der Waals surface area contributed by atoms with Crippen LogP contribution < -0.4 is 10.6 Å². The summed E-state index contributed by atoms with van der Waals surface area (Å²) in [5.41, 5.74) is 1.85. The summed E-state index contributed by atoms with van der Waals surface area (Å²) in [6.45, 7) is 9.20. The summed E-state index contributed by atoms with van der Waals surface area (Å²) in [6.07, 6.45) is 0. The fraction of sp³-hybridized carbons (Fsp3) is 0.500. The van der Waals surface area contributed by atoms with Gasteiger partial charge in [0.05, 0.1) is 5.54 Å². The second kappa shape index (κ2) is 5.82. The Bertz CT molecular complexity index is 386. The molecule has 0 unspecified atom stereocenters. The van der Waals surface area contributed by atoms with Gasteiger partial charge in [0.15, 0.2) is 0 Å². The molecule has 0 heterocycles. The third-order valence-electron chi connectivity index (χ3n) is 2.89. The van der Waals surface area contributed by atoms with E-state index in [9.17, 15) is 4.79 Å². The van der Waals surface area contributed by atoms with Gasteiger partial charge in [-0.1, -0.05) is 31.2 Å². The molecule has 0 bridgehead atoms. The van der Waals surface area contributed by atoms with Crippen molar-refractivity contribution in [2.75, 3.05) is 6.54 Å². The number of rotatable bonds is 5. The molecule has 1 rings (SSSR count). The van der Waals surface area contributed by atoms with Crippen LogP contribution in [0.2, 0.25) is 0 Å². The minimum atomic E-state index is -0.516. The van der Waals surface area contributed by atoms with Crippen molar-refractivity contribution in [3.63, 3.8) is 0 Å². The number of likely N-dealkylation sites (N-methyl/N-ethyl adjacent to an activating group) is 1. The van der Waals surface area contributed by atoms with E-state index >= 15 is 0 Å². The van der Waals surface area contributed by atoms with Crippen LogP contribution in [0.1, 0.15) is 31.9 Å². The molecule has 3 nitrogen and oxygen atoms in total. The second-order valence-electron chi connectivity index (χ2n) is 4.76. The van der Waals surface area contributed by atoms with E-state index in [4.69, 9.17) is 0 Å². The summed E-state index contributed by atoms with van der Waals surface area (Å²) in [7, 11) is 0. The van der Waals surface area contributed by atoms with Crippen LogP contribution in [-0.2, 0) is 11.3 Å². The van der Waals surface area contributed by atoms with E-state index in [0.29, 0.717) is 6.54 Å². The van der Waals surface area contributed by atoms with Crippen LogP contribution in [0.25, 0.3) is 0 Å². The molecule has 0 saturated heterocycles. The molecule has 0 fully saturated rings. The quantitative estimate of drug-likeness (QED) is 0.818. The topological polar surface area (TPSA) is 41.1 Å². The van der Waals surface area contributed by atoms with Crippen LogP contribution in [0.15, 0.2) is 24.3 Å². The highest BCUT2D eigenvalue weighted by Crippen LogP contribution is 2.07. The average molecular weight is 234 g/mol. The van der Waals surface area contributed by atoms with E-state index < -0.39 is 5.54 Å². The number of hydrogen-bond acceptors (Lipinski definition) is 2. The predicted octanol–water partition coefficient (Wildman–Crippen LogP) is 2.00. The molecule has 0 spiro atoms. The van der Waals surface area contributed by atoms with Gasteiger partial charge in [-0.3, -0.25) is 4.79 Å². The Morgan fingerprint density at radius 2 is 1.94 bits per heavy atom. The molecule has 0 saturated carbocycles. The molecule has 2 N–H and O–H groups in total. The minimum Gasteiger partial charge on any atom is -0.350 e. The standard InChI is InChI=1S/C14H22N2O/c1-5-16-14(3,4)13(17)15-10-12-9-7-6-8-11(12)2/h6-9,16H,5,10H2,1-4H3,(H,15,17). The lowest BCUT2D eigenvalue weighted by atomic mass is 10.0. The number of carbonyl (C=O) groups is 1. The molecule has 0 atom stereocenters. The Hall–Kier alpha value is -1.35. The first-order valence-electron chi connectivity index (χ1n) is 6.05. The van der Waals surface area contributed by atoms with Crippen LogP contribution >= 0.6 is 0 Å². The van der Waals surface area contributed by atoms with Gasteiger partial charge in [-0.25, -0.2) is 0 Å². The highest BCUT2D eigenvalue weighted by Gasteiger charge is 2.25. The Balaban J connectivity index is 2.57. The number of nitrogens with one attached hydrogen (secondary N) is 2. The molecule has 0 aliphatic carbocycles. The highest BCUT2D eigenvalue weighted by atomic mass is 16.2. The lowest BCUT2D eigenvalue weighted by Gasteiger charge is -2.24. The normalized spacial score (nSPS) is 11.3. The zero-order valence-corrected chi connectivity index (χ0v) is 11.1. The molecule has 3 heteroatoms. The number of hydrogen-bond donors (Lipinski definition) is 2. The predicted molar refractivity (Wildman–Crippen MR) is 70.8 cm³/mol. The minimum absolute atomic E-state index is 0.0302. The van der Waals surface area contributed by atoms with Gasteiger partial charge in [0.2, 0.25) is 5.91 Å². The summed E-state index contributed by atoms with van der Waals surface area (Å²) in [4.78, 5) is 12.0. The van der Waals surface area contributed by atoms with Gasteiger partial charge in [-0.05, 0) is 38.4 Å². The Morgan fingerprint density at radius 3 is 2.53 bits per heavy atom. The third kappa shape index (κ3) is 3.86. The maximum atomic E-state index is 12.0. The Labute approximate surface area is 104 Å². The van der Waals surface area contributed by atoms with Gasteiger partial charge < -0.3 is 10.6 Å². The van der Waals surface area contributed by atoms with E-state index in [1.54, 1.807) is 0 Å². The molecule has 0 aliphatic heterocycles. The van der Waals surface area contributed by atoms with Gasteiger partial charge >= 0.3 is 0 Å². The van der Waals surface area contributed by atoms with Crippen LogP contribution in [0.5, 0.6) is 0 Å². The van der Waals surface area contributed by atoms with E-state index in [0.717, 1.165) is 12.1 Å². The van der Waals surface area contributed by atoms with Crippen LogP contribution in [-0.4, -0.2) is 18.0 Å². The Morgan fingerprint density at radius 1 is 1.29 bits per heavy atom. The van der Waals surface area contributed by atoms with Gasteiger partial charge in [0.25, 0.3) is 0 Å². The molecule has 0 aromatic heterocycles. The van der Waals surface area contributed by atoms with Gasteiger partial charge in [-0.15, -0.1) is 0 Å². The van der Waals surface area contributed by atoms with Gasteiger partial charge in [-0.2, -0.15) is 0 Å². The van der Waals surface area contributed by atoms with Crippen molar-refractivity contribution in [2.45, 2.75) is 39.8 Å². The van der Waals surface area contributed by atoms with Crippen LogP contribution in [0.3, 0.4) is 0 Å². The summed E-state index contributed by atoms with van der Waals surface area (Å²) >= 11 is 0. The SMILES string of the molecule is CCNC(C)(C)C(=O)NCc1ccccc1C. The number of carbonyl (C=O) groups excluding carboxylic acids is 1. The largest absolute Gasteiger partial charge is 0.350 e. The first kappa shape index (κ1) is 13.7. The molecule has 0 radical (unpaired) electrons. The molecule has 1 aromatic carbocycles. The molecule has 0 aliphatic rings. The first-order valence-corrected chi connectivity index (χ1v) is 6.05. The maximum absolute atomic E-state index is 12.0. The van der Waals surface area contributed by atoms with E-state index in [-0.39, 0.29) is 5.91 Å². The van der Waals surface area contributed by atoms with Crippen molar-refractivity contribution >= 4 is 5.91 Å². The lowest BCUT2D eigenvalue weighted by molar-refractivity contribution is -0.126. The summed E-state index contributed by atoms with van der Waals surface area (Å²) in [6, 6.07) is 8.08. The summed E-state index contributed by atoms with van der Waals surface area (Å²) in [5.74, 6) is 0.0302. The van der Waals surface area contributed by atoms with Crippen molar-refractivity contribution in [1.82, 2.24) is 10.6 Å². The Kier molecular flexibility index (Phi) is 4.70. The molecular weight excluding hydrogens is 212 g/mol. The van der Waals surface area contributed by atoms with E-state index in [1.807, 2.05) is 39.0 Å². The van der Waals surface area contributed by atoms with E-state index in [2.05, 4.69) is 23.6 Å². The van der Waals surface area contributed by atoms with E-state index in [1.165, 1.54) is 5.56 Å². The molecule has 1 aromatic rings. The van der Waals surface area contributed by atoms with Crippen molar-refractivity contribution < 1.29 is 4.79 Å². The zero-order chi connectivity index (χ0) is 12.9.